The van der Waals surface area contributed by atoms with Crippen molar-refractivity contribution in [1.82, 2.24) is 0 Å². The molecule has 6 aromatic heterocycles. The maximum atomic E-state index is 3.59. The van der Waals surface area contributed by atoms with Crippen LogP contribution in [-0.2, 0) is 0 Å². The number of halogens is 2. The highest BCUT2D eigenvalue weighted by molar-refractivity contribution is 9.11. The fourth-order valence-electron chi connectivity index (χ4n) is 5.47. The van der Waals surface area contributed by atoms with Crippen LogP contribution in [0.25, 0.3) is 80.7 Å². The van der Waals surface area contributed by atoms with Gasteiger partial charge in [-0.2, -0.15) is 0 Å². The molecule has 0 aliphatic carbocycles. The summed E-state index contributed by atoms with van der Waals surface area (Å²) >= 11 is 18.2. The molecule has 0 amide bonds. The Labute approximate surface area is 269 Å². The average molecular weight is 751 g/mol. The van der Waals surface area contributed by atoms with Gasteiger partial charge in [0.15, 0.2) is 0 Å². The summed E-state index contributed by atoms with van der Waals surface area (Å²) in [6.07, 6.45) is 0. The lowest BCUT2D eigenvalue weighted by Gasteiger charge is -1.94. The average Bonchev–Trinajstić information content (AvgIpc) is 3.76. The summed E-state index contributed by atoms with van der Waals surface area (Å²) in [7, 11) is 0. The topological polar surface area (TPSA) is 0 Å². The van der Waals surface area contributed by atoms with Gasteiger partial charge in [-0.15, -0.1) is 68.0 Å². The molecular weight excluding hydrogens is 737 g/mol. The lowest BCUT2D eigenvalue weighted by atomic mass is 10.1. The van der Waals surface area contributed by atoms with Gasteiger partial charge in [0.05, 0.1) is 7.57 Å². The Morgan fingerprint density at radius 1 is 0.350 bits per heavy atom. The third-order valence-electron chi connectivity index (χ3n) is 7.31. The van der Waals surface area contributed by atoms with E-state index in [9.17, 15) is 0 Å². The highest BCUT2D eigenvalue weighted by Gasteiger charge is 2.11. The van der Waals surface area contributed by atoms with E-state index in [-0.39, 0.29) is 0 Å². The molecule has 0 fully saturated rings. The summed E-state index contributed by atoms with van der Waals surface area (Å²) in [6.45, 7) is 0. The fraction of sp³-hybridized carbons (Fsp3) is 0. The number of thiophene rings is 6. The summed E-state index contributed by atoms with van der Waals surface area (Å²) in [5.74, 6) is 0. The van der Waals surface area contributed by atoms with Crippen LogP contribution >= 0.6 is 99.9 Å². The Hall–Kier alpha value is -1.88. The van der Waals surface area contributed by atoms with Crippen LogP contribution in [0.15, 0.2) is 91.1 Å². The van der Waals surface area contributed by atoms with Crippen molar-refractivity contribution in [3.05, 3.63) is 91.1 Å². The van der Waals surface area contributed by atoms with Crippen LogP contribution in [0.4, 0.5) is 0 Å². The van der Waals surface area contributed by atoms with E-state index < -0.39 is 0 Å². The van der Waals surface area contributed by atoms with E-state index in [1.165, 1.54) is 88.3 Å². The van der Waals surface area contributed by atoms with Gasteiger partial charge in [-0.05, 0) is 137 Å². The van der Waals surface area contributed by atoms with Crippen molar-refractivity contribution >= 4 is 181 Å². The molecule has 0 aliphatic heterocycles. The van der Waals surface area contributed by atoms with Gasteiger partial charge in [-0.3, -0.25) is 0 Å². The summed E-state index contributed by atoms with van der Waals surface area (Å²) in [6, 6.07) is 27.5. The molecule has 0 nitrogen and oxygen atoms in total. The Morgan fingerprint density at radius 3 is 1.15 bits per heavy atom. The second kappa shape index (κ2) is 9.31. The van der Waals surface area contributed by atoms with Crippen molar-refractivity contribution in [1.29, 1.82) is 0 Å². The molecule has 0 radical (unpaired) electrons. The standard InChI is InChI=1S/C16H6Br2S3.C16H8S3/c17-15-3-7-1-9-10-2-8-4-16(18)21-12(8)6-14(10)19-13(9)5-11(7)20-15;1-3-17-13-7-15-11(5-9(1)13)12-6-10-2-4-18-14(10)8-16(12)19-15/h1-6H;1-8H. The van der Waals surface area contributed by atoms with Gasteiger partial charge in [-0.25, -0.2) is 0 Å². The predicted molar refractivity (Wildman–Crippen MR) is 196 cm³/mol. The highest BCUT2D eigenvalue weighted by atomic mass is 79.9. The largest absolute Gasteiger partial charge is 0.144 e. The highest BCUT2D eigenvalue weighted by Crippen LogP contribution is 2.43. The van der Waals surface area contributed by atoms with Gasteiger partial charge in [0.2, 0.25) is 0 Å². The molecule has 8 heteroatoms. The zero-order chi connectivity index (χ0) is 26.5. The molecule has 6 heterocycles. The van der Waals surface area contributed by atoms with E-state index in [4.69, 9.17) is 0 Å². The smallest absolute Gasteiger partial charge is 0.0711 e. The lowest BCUT2D eigenvalue weighted by molar-refractivity contribution is 1.99. The molecule has 0 atom stereocenters. The van der Waals surface area contributed by atoms with Gasteiger partial charge in [0.25, 0.3) is 0 Å². The van der Waals surface area contributed by atoms with E-state index in [1.807, 2.05) is 45.3 Å². The van der Waals surface area contributed by atoms with Gasteiger partial charge >= 0.3 is 0 Å². The van der Waals surface area contributed by atoms with Gasteiger partial charge < -0.3 is 0 Å². The molecule has 0 aliphatic rings. The van der Waals surface area contributed by atoms with Crippen LogP contribution in [0.3, 0.4) is 0 Å². The maximum absolute atomic E-state index is 3.59. The maximum Gasteiger partial charge on any atom is 0.0711 e. The van der Waals surface area contributed by atoms with Crippen LogP contribution in [0.1, 0.15) is 0 Å². The van der Waals surface area contributed by atoms with Crippen molar-refractivity contribution in [2.45, 2.75) is 0 Å². The SMILES string of the molecule is Brc1cc2cc3c(cc2s1)sc1cc2sc(Br)cc2cc13.c1cc2cc3c(cc2s1)sc1cc2sccc2cc13. The Morgan fingerprint density at radius 2 is 0.725 bits per heavy atom. The van der Waals surface area contributed by atoms with Crippen molar-refractivity contribution in [3.63, 3.8) is 0 Å². The minimum Gasteiger partial charge on any atom is -0.144 e. The Bertz CT molecular complexity index is 2410. The van der Waals surface area contributed by atoms with Crippen molar-refractivity contribution in [2.24, 2.45) is 0 Å². The molecule has 0 saturated heterocycles. The van der Waals surface area contributed by atoms with Crippen molar-refractivity contribution < 1.29 is 0 Å². The predicted octanol–water partition coefficient (Wildman–Crippen LogP) is 14.5. The Kier molecular flexibility index (Phi) is 5.75. The molecule has 0 spiro atoms. The second-order valence-corrected chi connectivity index (χ2v) is 18.7. The van der Waals surface area contributed by atoms with Crippen molar-refractivity contribution in [3.8, 4) is 0 Å². The number of fused-ring (bicyclic) bond motifs is 10. The summed E-state index contributed by atoms with van der Waals surface area (Å²) in [5.41, 5.74) is 0. The van der Waals surface area contributed by atoms with Crippen molar-refractivity contribution in [2.75, 3.05) is 0 Å². The molecule has 10 aromatic rings. The number of rotatable bonds is 0. The first-order valence-corrected chi connectivity index (χ1v) is 19.0. The molecule has 40 heavy (non-hydrogen) atoms. The summed E-state index contributed by atoms with van der Waals surface area (Å²) in [4.78, 5) is 0. The molecule has 0 bridgehead atoms. The molecule has 0 saturated carbocycles. The molecule has 192 valence electrons. The fourth-order valence-corrected chi connectivity index (χ4v) is 12.8. The number of hydrogen-bond donors (Lipinski definition) is 0. The van der Waals surface area contributed by atoms with E-state index in [1.54, 1.807) is 22.7 Å². The molecule has 10 rings (SSSR count). The van der Waals surface area contributed by atoms with E-state index in [0.717, 1.165) is 0 Å². The third-order valence-corrected chi connectivity index (χ3v) is 14.5. The zero-order valence-corrected chi connectivity index (χ0v) is 28.4. The van der Waals surface area contributed by atoms with E-state index >= 15 is 0 Å². The normalized spacial score (nSPS) is 12.2. The third kappa shape index (κ3) is 3.96. The van der Waals surface area contributed by atoms with Gasteiger partial charge in [0, 0.05) is 59.1 Å². The van der Waals surface area contributed by atoms with Crippen LogP contribution in [0.2, 0.25) is 0 Å². The Balaban J connectivity index is 0.000000116. The number of hydrogen-bond acceptors (Lipinski definition) is 6. The van der Waals surface area contributed by atoms with E-state index in [0.29, 0.717) is 0 Å². The van der Waals surface area contributed by atoms with E-state index in [2.05, 4.69) is 115 Å². The van der Waals surface area contributed by atoms with Gasteiger partial charge in [-0.1, -0.05) is 0 Å². The summed E-state index contributed by atoms with van der Waals surface area (Å²) in [5, 5.41) is 15.3. The van der Waals surface area contributed by atoms with Crippen LogP contribution < -0.4 is 0 Å². The molecular formula is C32H14Br2S6. The molecule has 0 unspecified atom stereocenters. The quantitative estimate of drug-likeness (QED) is 0.145. The van der Waals surface area contributed by atoms with Crippen LogP contribution in [0.5, 0.6) is 0 Å². The minimum atomic E-state index is 1.20. The molecule has 4 aromatic carbocycles. The first kappa shape index (κ1) is 24.7. The monoisotopic (exact) mass is 748 g/mol. The summed E-state index contributed by atoms with van der Waals surface area (Å²) < 4.78 is 13.4. The lowest BCUT2D eigenvalue weighted by Crippen LogP contribution is -1.67. The zero-order valence-electron chi connectivity index (χ0n) is 20.3. The molecule has 0 N–H and O–H groups in total. The first-order valence-electron chi connectivity index (χ1n) is 12.4. The van der Waals surface area contributed by atoms with Crippen LogP contribution in [0, 0.1) is 0 Å². The minimum absolute atomic E-state index is 1.20. The second-order valence-electron chi connectivity index (χ2n) is 9.69. The van der Waals surface area contributed by atoms with Gasteiger partial charge in [0.1, 0.15) is 0 Å². The first-order chi connectivity index (χ1) is 19.6. The van der Waals surface area contributed by atoms with Crippen LogP contribution in [-0.4, -0.2) is 0 Å². The number of benzene rings is 4.